The van der Waals surface area contributed by atoms with E-state index in [2.05, 4.69) is 4.74 Å². The van der Waals surface area contributed by atoms with Gasteiger partial charge in [0.05, 0.1) is 6.54 Å². The van der Waals surface area contributed by atoms with Gasteiger partial charge in [-0.2, -0.15) is 0 Å². The first-order valence-electron chi connectivity index (χ1n) is 1.73. The normalized spacial score (nSPS) is 8.29. The van der Waals surface area contributed by atoms with E-state index in [0.717, 1.165) is 0 Å². The Labute approximate surface area is 40.2 Å². The molecular formula is C3H6FNO2. The van der Waals surface area contributed by atoms with Crippen LogP contribution in [-0.2, 0) is 9.53 Å². The summed E-state index contributed by atoms with van der Waals surface area (Å²) in [6, 6.07) is 0. The minimum atomic E-state index is -1.09. The van der Waals surface area contributed by atoms with Gasteiger partial charge in [0.2, 0.25) is 6.86 Å². The summed E-state index contributed by atoms with van der Waals surface area (Å²) in [4.78, 5) is 9.82. The molecule has 3 nitrogen and oxygen atoms in total. The topological polar surface area (TPSA) is 52.3 Å². The van der Waals surface area contributed by atoms with Gasteiger partial charge in [0.1, 0.15) is 0 Å². The van der Waals surface area contributed by atoms with E-state index in [1.54, 1.807) is 0 Å². The average molecular weight is 107 g/mol. The second-order valence-corrected chi connectivity index (χ2v) is 0.830. The van der Waals surface area contributed by atoms with Crippen molar-refractivity contribution in [3.63, 3.8) is 0 Å². The molecule has 7 heavy (non-hydrogen) atoms. The maximum Gasteiger partial charge on any atom is 0.322 e. The number of esters is 1. The first-order chi connectivity index (χ1) is 3.31. The minimum Gasteiger partial charge on any atom is -0.433 e. The zero-order valence-corrected chi connectivity index (χ0v) is 3.69. The Morgan fingerprint density at radius 2 is 2.43 bits per heavy atom. The van der Waals surface area contributed by atoms with Gasteiger partial charge in [-0.25, -0.2) is 4.39 Å². The number of halogens is 1. The highest BCUT2D eigenvalue weighted by molar-refractivity contribution is 5.71. The molecule has 0 rings (SSSR count). The SMILES string of the molecule is NCC(=O)OCF. The molecule has 42 valence electrons. The number of ether oxygens (including phenoxy) is 1. The summed E-state index contributed by atoms with van der Waals surface area (Å²) in [5.74, 6) is -0.720. The van der Waals surface area contributed by atoms with Crippen LogP contribution in [0.5, 0.6) is 0 Å². The molecule has 0 atom stereocenters. The highest BCUT2D eigenvalue weighted by Crippen LogP contribution is 1.72. The summed E-state index contributed by atoms with van der Waals surface area (Å²) in [6.07, 6.45) is 0. The van der Waals surface area contributed by atoms with Crippen LogP contribution in [0.3, 0.4) is 0 Å². The van der Waals surface area contributed by atoms with Crippen LogP contribution in [0.1, 0.15) is 0 Å². The summed E-state index contributed by atoms with van der Waals surface area (Å²) in [5, 5.41) is 0. The van der Waals surface area contributed by atoms with Crippen molar-refractivity contribution in [1.29, 1.82) is 0 Å². The lowest BCUT2D eigenvalue weighted by atomic mass is 10.7. The van der Waals surface area contributed by atoms with Crippen molar-refractivity contribution in [2.75, 3.05) is 13.4 Å². The number of nitrogens with two attached hydrogens (primary N) is 1. The lowest BCUT2D eigenvalue weighted by Gasteiger charge is -1.91. The third-order valence-electron chi connectivity index (χ3n) is 0.382. The predicted octanol–water partition coefficient (Wildman–Crippen LogP) is -0.585. The first-order valence-corrected chi connectivity index (χ1v) is 1.73. The van der Waals surface area contributed by atoms with Crippen LogP contribution in [0.4, 0.5) is 4.39 Å². The van der Waals surface area contributed by atoms with Gasteiger partial charge < -0.3 is 10.5 Å². The van der Waals surface area contributed by atoms with Crippen molar-refractivity contribution < 1.29 is 13.9 Å². The van der Waals surface area contributed by atoms with Crippen molar-refractivity contribution in [2.24, 2.45) is 5.73 Å². The van der Waals surface area contributed by atoms with Crippen molar-refractivity contribution in [3.8, 4) is 0 Å². The second-order valence-electron chi connectivity index (χ2n) is 0.830. The van der Waals surface area contributed by atoms with Crippen molar-refractivity contribution in [2.45, 2.75) is 0 Å². The maximum absolute atomic E-state index is 10.9. The van der Waals surface area contributed by atoms with E-state index < -0.39 is 12.8 Å². The Kier molecular flexibility index (Phi) is 3.22. The van der Waals surface area contributed by atoms with Crippen LogP contribution in [-0.4, -0.2) is 19.4 Å². The van der Waals surface area contributed by atoms with Crippen LogP contribution in [0, 0.1) is 0 Å². The molecule has 0 unspecified atom stereocenters. The fourth-order valence-corrected chi connectivity index (χ4v) is 0.120. The molecule has 0 aromatic heterocycles. The average Bonchev–Trinajstić information content (AvgIpc) is 1.68. The Bertz CT molecular complexity index is 66.0. The highest BCUT2D eigenvalue weighted by Gasteiger charge is 1.93. The van der Waals surface area contributed by atoms with Crippen LogP contribution in [0.15, 0.2) is 0 Å². The lowest BCUT2D eigenvalue weighted by molar-refractivity contribution is -0.145. The number of carbonyl (C=O) groups excluding carboxylic acids is 1. The van der Waals surface area contributed by atoms with E-state index in [1.165, 1.54) is 0 Å². The molecule has 0 aliphatic rings. The monoisotopic (exact) mass is 107 g/mol. The highest BCUT2D eigenvalue weighted by atomic mass is 19.1. The zero-order valence-electron chi connectivity index (χ0n) is 3.69. The fourth-order valence-electron chi connectivity index (χ4n) is 0.120. The van der Waals surface area contributed by atoms with Crippen molar-refractivity contribution >= 4 is 5.97 Å². The molecule has 0 saturated carbocycles. The number of hydrogen-bond donors (Lipinski definition) is 1. The quantitative estimate of drug-likeness (QED) is 0.480. The van der Waals surface area contributed by atoms with E-state index in [9.17, 15) is 9.18 Å². The Balaban J connectivity index is 3.00. The van der Waals surface area contributed by atoms with Gasteiger partial charge in [0, 0.05) is 0 Å². The van der Waals surface area contributed by atoms with Gasteiger partial charge in [-0.15, -0.1) is 0 Å². The summed E-state index contributed by atoms with van der Waals surface area (Å²) >= 11 is 0. The summed E-state index contributed by atoms with van der Waals surface area (Å²) in [7, 11) is 0. The fraction of sp³-hybridized carbons (Fsp3) is 0.667. The van der Waals surface area contributed by atoms with E-state index in [1.807, 2.05) is 0 Å². The van der Waals surface area contributed by atoms with E-state index in [-0.39, 0.29) is 6.54 Å². The summed E-state index contributed by atoms with van der Waals surface area (Å²) < 4.78 is 14.7. The van der Waals surface area contributed by atoms with Gasteiger partial charge in [-0.1, -0.05) is 0 Å². The van der Waals surface area contributed by atoms with Gasteiger partial charge >= 0.3 is 5.97 Å². The molecule has 0 saturated heterocycles. The molecule has 0 aliphatic carbocycles. The Hall–Kier alpha value is -0.640. The number of rotatable bonds is 2. The minimum absolute atomic E-state index is 0.260. The Morgan fingerprint density at radius 3 is 2.57 bits per heavy atom. The molecular weight excluding hydrogens is 101 g/mol. The lowest BCUT2D eigenvalue weighted by Crippen LogP contribution is -2.15. The molecule has 0 spiro atoms. The standard InChI is InChI=1S/C3H6FNO2/c4-2-7-3(6)1-5/h1-2,5H2. The van der Waals surface area contributed by atoms with E-state index in [4.69, 9.17) is 5.73 Å². The second kappa shape index (κ2) is 3.55. The molecule has 0 fully saturated rings. The number of carbonyl (C=O) groups is 1. The first kappa shape index (κ1) is 6.36. The third-order valence-corrected chi connectivity index (χ3v) is 0.382. The molecule has 2 N–H and O–H groups in total. The van der Waals surface area contributed by atoms with Crippen LogP contribution < -0.4 is 5.73 Å². The number of hydrogen-bond acceptors (Lipinski definition) is 3. The predicted molar refractivity (Wildman–Crippen MR) is 21.1 cm³/mol. The van der Waals surface area contributed by atoms with E-state index >= 15 is 0 Å². The molecule has 0 radical (unpaired) electrons. The van der Waals surface area contributed by atoms with Gasteiger partial charge in [0.15, 0.2) is 0 Å². The summed E-state index contributed by atoms with van der Waals surface area (Å²) in [5.41, 5.74) is 4.72. The molecule has 0 heterocycles. The molecule has 0 aliphatic heterocycles. The van der Waals surface area contributed by atoms with Gasteiger partial charge in [-0.3, -0.25) is 4.79 Å². The molecule has 0 aromatic rings. The Morgan fingerprint density at radius 1 is 1.86 bits per heavy atom. The van der Waals surface area contributed by atoms with Crippen LogP contribution in [0.25, 0.3) is 0 Å². The smallest absolute Gasteiger partial charge is 0.322 e. The molecule has 0 amide bonds. The third kappa shape index (κ3) is 3.18. The van der Waals surface area contributed by atoms with Crippen LogP contribution >= 0.6 is 0 Å². The molecule has 4 heteroatoms. The molecule has 0 aromatic carbocycles. The van der Waals surface area contributed by atoms with Gasteiger partial charge in [0.25, 0.3) is 0 Å². The molecule has 0 bridgehead atoms. The number of alkyl halides is 1. The van der Waals surface area contributed by atoms with E-state index in [0.29, 0.717) is 0 Å². The van der Waals surface area contributed by atoms with Crippen molar-refractivity contribution in [1.82, 2.24) is 0 Å². The largest absolute Gasteiger partial charge is 0.433 e. The zero-order chi connectivity index (χ0) is 5.70. The maximum atomic E-state index is 10.9. The van der Waals surface area contributed by atoms with Gasteiger partial charge in [-0.05, 0) is 0 Å². The summed E-state index contributed by atoms with van der Waals surface area (Å²) in [6.45, 7) is -1.35. The van der Waals surface area contributed by atoms with Crippen LogP contribution in [0.2, 0.25) is 0 Å². The van der Waals surface area contributed by atoms with Crippen molar-refractivity contribution in [3.05, 3.63) is 0 Å².